The number of Topliss-reactive ketones (excluding diaryl/α,β-unsaturated/α-hetero) is 1. The Hall–Kier alpha value is -1.65. The van der Waals surface area contributed by atoms with Crippen LogP contribution in [-0.4, -0.2) is 28.3 Å². The Morgan fingerprint density at radius 2 is 2.04 bits per heavy atom. The number of fused-ring (bicyclic) bond motifs is 1. The summed E-state index contributed by atoms with van der Waals surface area (Å²) in [6.07, 6.45) is 6.23. The molecule has 0 bridgehead atoms. The summed E-state index contributed by atoms with van der Waals surface area (Å²) in [7, 11) is 0. The Labute approximate surface area is 136 Å². The van der Waals surface area contributed by atoms with Crippen molar-refractivity contribution in [2.45, 2.75) is 57.9 Å². The lowest BCUT2D eigenvalue weighted by Crippen LogP contribution is -2.47. The summed E-state index contributed by atoms with van der Waals surface area (Å²) in [5.41, 5.74) is -0.439. The Kier molecular flexibility index (Phi) is 4.07. The molecule has 0 saturated heterocycles. The van der Waals surface area contributed by atoms with E-state index in [1.165, 1.54) is 0 Å². The van der Waals surface area contributed by atoms with E-state index in [0.717, 1.165) is 25.7 Å². The van der Waals surface area contributed by atoms with Gasteiger partial charge in [0.05, 0.1) is 0 Å². The van der Waals surface area contributed by atoms with E-state index in [4.69, 9.17) is 0 Å². The number of hydrogen-bond acceptors (Lipinski definition) is 3. The number of ketones is 1. The molecule has 5 nitrogen and oxygen atoms in total. The van der Waals surface area contributed by atoms with Crippen LogP contribution in [0.4, 0.5) is 0 Å². The molecule has 23 heavy (non-hydrogen) atoms. The maximum atomic E-state index is 12.8. The van der Waals surface area contributed by atoms with Crippen molar-refractivity contribution in [2.75, 3.05) is 0 Å². The van der Waals surface area contributed by atoms with E-state index in [9.17, 15) is 19.5 Å². The molecule has 2 N–H and O–H groups in total. The number of carbonyl (C=O) groups excluding carboxylic acids is 2. The van der Waals surface area contributed by atoms with E-state index < -0.39 is 11.5 Å². The lowest BCUT2D eigenvalue weighted by molar-refractivity contribution is -0.143. The van der Waals surface area contributed by atoms with Crippen LogP contribution in [0.25, 0.3) is 0 Å². The standard InChI is InChI=1S/C18H25NO4/c1-3-10-7-13-12(5-6-15(13)20)14(8-10)16(21)19-18(17(22)23)9-11(18)4-2/h8,10-13H,3-7,9H2,1-2H3,(H,19,21)(H,22,23)/t10-,11-,12-,13+,18+/m0/s1. The predicted octanol–water partition coefficient (Wildman–Crippen LogP) is 2.31. The molecule has 0 unspecified atom stereocenters. The molecule has 0 spiro atoms. The zero-order valence-electron chi connectivity index (χ0n) is 13.8. The van der Waals surface area contributed by atoms with Crippen LogP contribution in [0.1, 0.15) is 52.4 Å². The van der Waals surface area contributed by atoms with Crippen LogP contribution in [0.3, 0.4) is 0 Å². The summed E-state index contributed by atoms with van der Waals surface area (Å²) < 4.78 is 0. The fourth-order valence-electron chi connectivity index (χ4n) is 4.44. The molecule has 0 heterocycles. The zero-order chi connectivity index (χ0) is 16.8. The van der Waals surface area contributed by atoms with Crippen molar-refractivity contribution in [1.82, 2.24) is 5.32 Å². The smallest absolute Gasteiger partial charge is 0.329 e. The van der Waals surface area contributed by atoms with Crippen LogP contribution >= 0.6 is 0 Å². The van der Waals surface area contributed by atoms with Gasteiger partial charge in [-0.25, -0.2) is 4.79 Å². The van der Waals surface area contributed by atoms with Crippen molar-refractivity contribution >= 4 is 17.7 Å². The fourth-order valence-corrected chi connectivity index (χ4v) is 4.44. The Morgan fingerprint density at radius 3 is 2.61 bits per heavy atom. The van der Waals surface area contributed by atoms with E-state index >= 15 is 0 Å². The number of carboxylic acids is 1. The first-order valence-electron chi connectivity index (χ1n) is 8.73. The van der Waals surface area contributed by atoms with Crippen molar-refractivity contribution in [2.24, 2.45) is 23.7 Å². The summed E-state index contributed by atoms with van der Waals surface area (Å²) >= 11 is 0. The van der Waals surface area contributed by atoms with E-state index in [2.05, 4.69) is 12.2 Å². The third-order valence-corrected chi connectivity index (χ3v) is 6.08. The quantitative estimate of drug-likeness (QED) is 0.814. The minimum Gasteiger partial charge on any atom is -0.479 e. The number of amides is 1. The molecule has 0 aliphatic heterocycles. The Balaban J connectivity index is 1.82. The molecule has 1 amide bonds. The maximum Gasteiger partial charge on any atom is 0.329 e. The van der Waals surface area contributed by atoms with Gasteiger partial charge >= 0.3 is 5.97 Å². The minimum atomic E-state index is -1.09. The van der Waals surface area contributed by atoms with Crippen molar-refractivity contribution in [3.05, 3.63) is 11.6 Å². The third kappa shape index (κ3) is 2.60. The second kappa shape index (κ2) is 5.77. The minimum absolute atomic E-state index is 0.0103. The van der Waals surface area contributed by atoms with Gasteiger partial charge in [-0.1, -0.05) is 26.3 Å². The summed E-state index contributed by atoms with van der Waals surface area (Å²) in [4.78, 5) is 36.4. The number of hydrogen-bond donors (Lipinski definition) is 2. The average molecular weight is 319 g/mol. The summed E-state index contributed by atoms with van der Waals surface area (Å²) in [6.45, 7) is 4.00. The van der Waals surface area contributed by atoms with Gasteiger partial charge in [-0.2, -0.15) is 0 Å². The number of carboxylic acid groups (broad SMARTS) is 1. The van der Waals surface area contributed by atoms with Crippen molar-refractivity contribution in [1.29, 1.82) is 0 Å². The first-order chi connectivity index (χ1) is 10.9. The van der Waals surface area contributed by atoms with Gasteiger partial charge in [0.15, 0.2) is 0 Å². The van der Waals surface area contributed by atoms with E-state index in [1.807, 2.05) is 13.0 Å². The first-order valence-corrected chi connectivity index (χ1v) is 8.73. The molecular weight excluding hydrogens is 294 g/mol. The topological polar surface area (TPSA) is 83.5 Å². The number of aliphatic carboxylic acids is 1. The monoisotopic (exact) mass is 319 g/mol. The average Bonchev–Trinajstić information content (AvgIpc) is 3.14. The normalized spacial score (nSPS) is 38.7. The van der Waals surface area contributed by atoms with Crippen LogP contribution in [0, 0.1) is 23.7 Å². The summed E-state index contributed by atoms with van der Waals surface area (Å²) in [5.74, 6) is -0.774. The van der Waals surface area contributed by atoms with Gasteiger partial charge in [-0.15, -0.1) is 0 Å². The Bertz CT molecular complexity index is 582. The van der Waals surface area contributed by atoms with Gasteiger partial charge < -0.3 is 10.4 Å². The molecule has 0 aromatic rings. The number of allylic oxidation sites excluding steroid dienone is 1. The molecule has 126 valence electrons. The lowest BCUT2D eigenvalue weighted by Gasteiger charge is -2.30. The summed E-state index contributed by atoms with van der Waals surface area (Å²) in [5, 5.41) is 12.3. The molecular formula is C18H25NO4. The molecule has 0 radical (unpaired) electrons. The second-order valence-electron chi connectivity index (χ2n) is 7.28. The Morgan fingerprint density at radius 1 is 1.30 bits per heavy atom. The molecule has 3 rings (SSSR count). The number of nitrogens with one attached hydrogen (secondary N) is 1. The van der Waals surface area contributed by atoms with Crippen molar-refractivity contribution < 1.29 is 19.5 Å². The van der Waals surface area contributed by atoms with Crippen LogP contribution in [-0.2, 0) is 14.4 Å². The van der Waals surface area contributed by atoms with Crippen molar-refractivity contribution in [3.8, 4) is 0 Å². The highest BCUT2D eigenvalue weighted by atomic mass is 16.4. The van der Waals surface area contributed by atoms with Gasteiger partial charge in [0, 0.05) is 17.9 Å². The van der Waals surface area contributed by atoms with Gasteiger partial charge in [0.1, 0.15) is 11.3 Å². The molecule has 0 aromatic heterocycles. The summed E-state index contributed by atoms with van der Waals surface area (Å²) in [6, 6.07) is 0. The highest BCUT2D eigenvalue weighted by molar-refractivity contribution is 6.00. The molecule has 5 atom stereocenters. The van der Waals surface area contributed by atoms with Crippen LogP contribution in [0.5, 0.6) is 0 Å². The number of carbonyl (C=O) groups is 3. The largest absolute Gasteiger partial charge is 0.479 e. The highest BCUT2D eigenvalue weighted by Gasteiger charge is 2.61. The van der Waals surface area contributed by atoms with Gasteiger partial charge in [0.2, 0.25) is 5.91 Å². The SMILES string of the molecule is CC[C@@H]1C=C(C(=O)N[C@]2(C(=O)O)C[C@@H]2CC)[C@H]2CCC(=O)[C@@H]2C1. The molecule has 2 saturated carbocycles. The molecule has 3 aliphatic carbocycles. The molecule has 5 heteroatoms. The van der Waals surface area contributed by atoms with E-state index in [1.54, 1.807) is 0 Å². The molecule has 3 aliphatic rings. The second-order valence-corrected chi connectivity index (χ2v) is 7.28. The fraction of sp³-hybridized carbons (Fsp3) is 0.722. The van der Waals surface area contributed by atoms with Crippen LogP contribution < -0.4 is 5.32 Å². The molecule has 0 aromatic carbocycles. The highest BCUT2D eigenvalue weighted by Crippen LogP contribution is 2.48. The van der Waals surface area contributed by atoms with Crippen LogP contribution in [0.15, 0.2) is 11.6 Å². The maximum absolute atomic E-state index is 12.8. The van der Waals surface area contributed by atoms with Gasteiger partial charge in [0.25, 0.3) is 0 Å². The zero-order valence-corrected chi connectivity index (χ0v) is 13.8. The first kappa shape index (κ1) is 16.2. The predicted molar refractivity (Wildman–Crippen MR) is 84.6 cm³/mol. The van der Waals surface area contributed by atoms with E-state index in [-0.39, 0.29) is 35.4 Å². The lowest BCUT2D eigenvalue weighted by atomic mass is 9.74. The van der Waals surface area contributed by atoms with Crippen molar-refractivity contribution in [3.63, 3.8) is 0 Å². The van der Waals surface area contributed by atoms with Gasteiger partial charge in [-0.05, 0) is 43.4 Å². The van der Waals surface area contributed by atoms with Crippen LogP contribution in [0.2, 0.25) is 0 Å². The molecule has 2 fully saturated rings. The van der Waals surface area contributed by atoms with Gasteiger partial charge in [-0.3, -0.25) is 9.59 Å². The third-order valence-electron chi connectivity index (χ3n) is 6.08. The number of rotatable bonds is 5. The van der Waals surface area contributed by atoms with E-state index in [0.29, 0.717) is 18.4 Å².